The number of aliphatic hydroxyl groups excluding tert-OH is 2. The van der Waals surface area contributed by atoms with Gasteiger partial charge < -0.3 is 25.2 Å². The van der Waals surface area contributed by atoms with E-state index in [1.54, 1.807) is 12.1 Å². The molecule has 98 valence electrons. The van der Waals surface area contributed by atoms with E-state index in [1.165, 1.54) is 18.2 Å². The van der Waals surface area contributed by atoms with Gasteiger partial charge >= 0.3 is 0 Å². The summed E-state index contributed by atoms with van der Waals surface area (Å²) in [5, 5.41) is 38.6. The van der Waals surface area contributed by atoms with Gasteiger partial charge in [-0.05, 0) is 24.6 Å². The fourth-order valence-corrected chi connectivity index (χ4v) is 2.23. The topological polar surface area (TPSA) is 90.2 Å². The van der Waals surface area contributed by atoms with Gasteiger partial charge in [-0.15, -0.1) is 0 Å². The zero-order chi connectivity index (χ0) is 13.6. The van der Waals surface area contributed by atoms with Crippen LogP contribution in [0.15, 0.2) is 53.2 Å². The lowest BCUT2D eigenvalue weighted by atomic mass is 10.0. The van der Waals surface area contributed by atoms with E-state index < -0.39 is 6.10 Å². The minimum Gasteiger partial charge on any atom is -0.508 e. The molecule has 0 fully saturated rings. The summed E-state index contributed by atoms with van der Waals surface area (Å²) in [6, 6.07) is 4.18. The van der Waals surface area contributed by atoms with Crippen LogP contribution < -0.4 is 0 Å². The Balaban J connectivity index is 2.03. The van der Waals surface area contributed by atoms with Crippen LogP contribution in [-0.4, -0.2) is 20.4 Å². The molecule has 3 rings (SSSR count). The van der Waals surface area contributed by atoms with Crippen LogP contribution in [0.1, 0.15) is 18.1 Å². The number of benzene rings is 1. The fourth-order valence-electron chi connectivity index (χ4n) is 2.23. The molecule has 0 radical (unpaired) electrons. The average molecular weight is 260 g/mol. The van der Waals surface area contributed by atoms with E-state index in [4.69, 9.17) is 4.74 Å². The molecule has 0 amide bonds. The van der Waals surface area contributed by atoms with Crippen LogP contribution in [-0.2, 0) is 4.74 Å². The van der Waals surface area contributed by atoms with Crippen molar-refractivity contribution in [2.75, 3.05) is 0 Å². The van der Waals surface area contributed by atoms with Crippen LogP contribution in [0.3, 0.4) is 0 Å². The van der Waals surface area contributed by atoms with Gasteiger partial charge in [0.2, 0.25) is 0 Å². The largest absolute Gasteiger partial charge is 0.508 e. The molecule has 1 aromatic rings. The molecule has 2 aliphatic rings. The third kappa shape index (κ3) is 1.71. The second kappa shape index (κ2) is 3.98. The van der Waals surface area contributed by atoms with Gasteiger partial charge in [0.15, 0.2) is 29.1 Å². The lowest BCUT2D eigenvalue weighted by Crippen LogP contribution is -2.00. The van der Waals surface area contributed by atoms with E-state index in [2.05, 4.69) is 0 Å². The summed E-state index contributed by atoms with van der Waals surface area (Å²) in [5.74, 6) is -0.285. The first-order valence-corrected chi connectivity index (χ1v) is 5.78. The first-order valence-electron chi connectivity index (χ1n) is 5.78. The van der Waals surface area contributed by atoms with Crippen molar-refractivity contribution in [3.63, 3.8) is 0 Å². The number of aromatic hydroxyl groups is 2. The second-order valence-electron chi connectivity index (χ2n) is 4.43. The van der Waals surface area contributed by atoms with Gasteiger partial charge in [-0.3, -0.25) is 0 Å². The number of allylic oxidation sites excluding steroid dienone is 3. The first-order chi connectivity index (χ1) is 9.08. The van der Waals surface area contributed by atoms with E-state index in [0.717, 1.165) is 0 Å². The molecule has 1 heterocycles. The normalized spacial score (nSPS) is 21.6. The Hall–Kier alpha value is -2.56. The number of fused-ring (bicyclic) bond motifs is 1. The third-order valence-corrected chi connectivity index (χ3v) is 3.20. The zero-order valence-corrected chi connectivity index (χ0v) is 9.87. The Labute approximate surface area is 109 Å². The van der Waals surface area contributed by atoms with Gasteiger partial charge in [0.1, 0.15) is 5.76 Å². The predicted molar refractivity (Wildman–Crippen MR) is 66.7 cm³/mol. The molecule has 1 unspecified atom stereocenters. The smallest absolute Gasteiger partial charge is 0.181 e. The Kier molecular flexibility index (Phi) is 2.41. The van der Waals surface area contributed by atoms with Crippen LogP contribution in [0.4, 0.5) is 0 Å². The molecule has 4 N–H and O–H groups in total. The molecular formula is C14H12O5. The summed E-state index contributed by atoms with van der Waals surface area (Å²) in [5.41, 5.74) is 1.03. The number of phenols is 2. The molecule has 0 saturated heterocycles. The number of phenolic OH excluding ortho intramolecular Hbond substituents is 2. The van der Waals surface area contributed by atoms with Crippen molar-refractivity contribution >= 4 is 0 Å². The average Bonchev–Trinajstić information content (AvgIpc) is 2.72. The Bertz CT molecular complexity index is 639. The van der Waals surface area contributed by atoms with Gasteiger partial charge in [0.25, 0.3) is 0 Å². The van der Waals surface area contributed by atoms with Crippen molar-refractivity contribution in [3.8, 4) is 11.5 Å². The number of ether oxygens (including phenoxy) is 1. The van der Waals surface area contributed by atoms with Crippen LogP contribution in [0.2, 0.25) is 0 Å². The van der Waals surface area contributed by atoms with Gasteiger partial charge in [-0.2, -0.15) is 0 Å². The highest BCUT2D eigenvalue weighted by molar-refractivity contribution is 5.49. The molecule has 0 bridgehead atoms. The molecule has 0 saturated carbocycles. The van der Waals surface area contributed by atoms with E-state index in [9.17, 15) is 20.4 Å². The maximum Gasteiger partial charge on any atom is 0.181 e. The van der Waals surface area contributed by atoms with Crippen molar-refractivity contribution in [2.45, 2.75) is 12.5 Å². The number of aliphatic hydroxyl groups is 2. The summed E-state index contributed by atoms with van der Waals surface area (Å²) < 4.78 is 5.53. The minimum atomic E-state index is -0.779. The van der Waals surface area contributed by atoms with Crippen LogP contribution >= 0.6 is 0 Å². The van der Waals surface area contributed by atoms with E-state index in [-0.39, 0.29) is 28.8 Å². The molecular weight excluding hydrogens is 248 g/mol. The maximum absolute atomic E-state index is 10.1. The summed E-state index contributed by atoms with van der Waals surface area (Å²) in [6.07, 6.45) is 2.94. The summed E-state index contributed by atoms with van der Waals surface area (Å²) in [6.45, 7) is 0. The molecule has 19 heavy (non-hydrogen) atoms. The molecule has 1 aliphatic carbocycles. The molecule has 0 spiro atoms. The number of rotatable bonds is 1. The van der Waals surface area contributed by atoms with E-state index in [1.807, 2.05) is 0 Å². The van der Waals surface area contributed by atoms with Gasteiger partial charge in [-0.25, -0.2) is 0 Å². The predicted octanol–water partition coefficient (Wildman–Crippen LogP) is 2.71. The SMILES string of the molecule is OC1=C2OC(c3ccc(O)c(O)c3)C(O)=C2CC=C1. The first kappa shape index (κ1) is 11.5. The minimum absolute atomic E-state index is 0.0102. The third-order valence-electron chi connectivity index (χ3n) is 3.20. The number of hydrogen-bond donors (Lipinski definition) is 4. The van der Waals surface area contributed by atoms with Gasteiger partial charge in [0.05, 0.1) is 0 Å². The second-order valence-corrected chi connectivity index (χ2v) is 4.43. The van der Waals surface area contributed by atoms with Crippen molar-refractivity contribution in [1.82, 2.24) is 0 Å². The van der Waals surface area contributed by atoms with Gasteiger partial charge in [-0.1, -0.05) is 12.1 Å². The van der Waals surface area contributed by atoms with Crippen molar-refractivity contribution in [2.24, 2.45) is 0 Å². The molecule has 0 aromatic heterocycles. The monoisotopic (exact) mass is 260 g/mol. The van der Waals surface area contributed by atoms with E-state index in [0.29, 0.717) is 17.6 Å². The highest BCUT2D eigenvalue weighted by Gasteiger charge is 2.35. The lowest BCUT2D eigenvalue weighted by molar-refractivity contribution is 0.130. The van der Waals surface area contributed by atoms with Crippen LogP contribution in [0, 0.1) is 0 Å². The lowest BCUT2D eigenvalue weighted by Gasteiger charge is -2.13. The zero-order valence-electron chi connectivity index (χ0n) is 9.87. The maximum atomic E-state index is 10.1. The molecule has 5 heteroatoms. The van der Waals surface area contributed by atoms with Crippen LogP contribution in [0.25, 0.3) is 0 Å². The Morgan fingerprint density at radius 1 is 1.05 bits per heavy atom. The molecule has 1 aliphatic heterocycles. The quantitative estimate of drug-likeness (QED) is 0.583. The van der Waals surface area contributed by atoms with Crippen LogP contribution in [0.5, 0.6) is 11.5 Å². The Morgan fingerprint density at radius 2 is 1.84 bits per heavy atom. The molecule has 5 nitrogen and oxygen atoms in total. The summed E-state index contributed by atoms with van der Waals surface area (Å²) in [7, 11) is 0. The standard InChI is InChI=1S/C14H12O5/c15-9-5-4-7(6-11(9)17)13-12(18)8-2-1-3-10(16)14(8)19-13/h1,3-6,13,15-18H,2H2. The highest BCUT2D eigenvalue weighted by atomic mass is 16.5. The number of hydrogen-bond acceptors (Lipinski definition) is 5. The van der Waals surface area contributed by atoms with E-state index >= 15 is 0 Å². The Morgan fingerprint density at radius 3 is 2.53 bits per heavy atom. The van der Waals surface area contributed by atoms with Crippen molar-refractivity contribution in [1.29, 1.82) is 0 Å². The van der Waals surface area contributed by atoms with Crippen molar-refractivity contribution < 1.29 is 25.2 Å². The highest BCUT2D eigenvalue weighted by Crippen LogP contribution is 2.44. The summed E-state index contributed by atoms with van der Waals surface area (Å²) in [4.78, 5) is 0. The fraction of sp³-hybridized carbons (Fsp3) is 0.143. The molecule has 1 aromatic carbocycles. The molecule has 1 atom stereocenters. The van der Waals surface area contributed by atoms with Gasteiger partial charge in [0, 0.05) is 11.1 Å². The summed E-state index contributed by atoms with van der Waals surface area (Å²) >= 11 is 0. The van der Waals surface area contributed by atoms with Crippen molar-refractivity contribution in [3.05, 3.63) is 58.8 Å².